The molecule has 12 heavy (non-hydrogen) atoms. The molecule has 1 aliphatic rings. The maximum atomic E-state index is 10.5. The van der Waals surface area contributed by atoms with E-state index in [1.54, 1.807) is 6.92 Å². The molecule has 2 N–H and O–H groups in total. The molecule has 0 saturated carbocycles. The van der Waals surface area contributed by atoms with Crippen molar-refractivity contribution in [1.29, 1.82) is 0 Å². The van der Waals surface area contributed by atoms with Crippen LogP contribution in [0.25, 0.3) is 0 Å². The van der Waals surface area contributed by atoms with Crippen LogP contribution in [0.1, 0.15) is 6.92 Å². The smallest absolute Gasteiger partial charge is 0.408 e. The van der Waals surface area contributed by atoms with E-state index in [9.17, 15) is 9.59 Å². The lowest BCUT2D eigenvalue weighted by Crippen LogP contribution is -2.35. The Balaban J connectivity index is 2.76. The Bertz CT molecular complexity index is 258. The number of hydrogen-bond acceptors (Lipinski definition) is 2. The Morgan fingerprint density at radius 2 is 2.17 bits per heavy atom. The van der Waals surface area contributed by atoms with Crippen molar-refractivity contribution in [3.8, 4) is 0 Å². The van der Waals surface area contributed by atoms with Crippen LogP contribution in [0.3, 0.4) is 0 Å². The Morgan fingerprint density at radius 1 is 1.58 bits per heavy atom. The molecule has 66 valence electrons. The van der Waals surface area contributed by atoms with Gasteiger partial charge in [-0.1, -0.05) is 6.08 Å². The average molecular weight is 171 g/mol. The van der Waals surface area contributed by atoms with E-state index in [4.69, 9.17) is 10.2 Å². The average Bonchev–Trinajstić information content (AvgIpc) is 2.30. The molecule has 0 saturated heterocycles. The third-order valence-electron chi connectivity index (χ3n) is 1.92. The molecule has 5 heteroatoms. The van der Waals surface area contributed by atoms with Gasteiger partial charge in [0, 0.05) is 6.54 Å². The van der Waals surface area contributed by atoms with Crippen LogP contribution < -0.4 is 0 Å². The fraction of sp³-hybridized carbons (Fsp3) is 0.429. The van der Waals surface area contributed by atoms with E-state index in [1.165, 1.54) is 6.08 Å². The summed E-state index contributed by atoms with van der Waals surface area (Å²) in [5.74, 6) is -1.05. The number of carbonyl (C=O) groups is 2. The van der Waals surface area contributed by atoms with E-state index in [2.05, 4.69) is 0 Å². The van der Waals surface area contributed by atoms with Gasteiger partial charge in [0.2, 0.25) is 0 Å². The molecule has 1 atom stereocenters. The first-order chi connectivity index (χ1) is 5.54. The zero-order valence-corrected chi connectivity index (χ0v) is 6.52. The Hall–Kier alpha value is -1.52. The van der Waals surface area contributed by atoms with E-state index in [0.29, 0.717) is 0 Å². The quantitative estimate of drug-likeness (QED) is 0.597. The summed E-state index contributed by atoms with van der Waals surface area (Å²) in [6, 6.07) is -0.542. The van der Waals surface area contributed by atoms with Crippen LogP contribution in [0.5, 0.6) is 0 Å². The third-order valence-corrected chi connectivity index (χ3v) is 1.92. The predicted octanol–water partition coefficient (Wildman–Crippen LogP) is 0.379. The normalized spacial score (nSPS) is 22.2. The number of amides is 1. The maximum absolute atomic E-state index is 10.5. The lowest BCUT2D eigenvalue weighted by molar-refractivity contribution is -0.133. The first-order valence-corrected chi connectivity index (χ1v) is 3.47. The highest BCUT2D eigenvalue weighted by Crippen LogP contribution is 2.17. The van der Waals surface area contributed by atoms with Crippen molar-refractivity contribution in [3.63, 3.8) is 0 Å². The standard InChI is InChI=1S/C7H9NO4/c1-4-5(6(9)10)2-3-8(4)7(11)12/h2,4H,3H2,1H3,(H,9,10)(H,11,12)/t4-/m0/s1. The summed E-state index contributed by atoms with van der Waals surface area (Å²) < 4.78 is 0. The minimum absolute atomic E-state index is 0.150. The molecule has 0 bridgehead atoms. The van der Waals surface area contributed by atoms with Crippen molar-refractivity contribution >= 4 is 12.1 Å². The van der Waals surface area contributed by atoms with Crippen molar-refractivity contribution in [1.82, 2.24) is 4.90 Å². The molecule has 1 aliphatic heterocycles. The van der Waals surface area contributed by atoms with Gasteiger partial charge in [0.15, 0.2) is 0 Å². The molecule has 0 unspecified atom stereocenters. The van der Waals surface area contributed by atoms with Crippen molar-refractivity contribution in [2.75, 3.05) is 6.54 Å². The zero-order chi connectivity index (χ0) is 9.30. The molecule has 1 amide bonds. The Labute approximate surface area is 68.9 Å². The highest BCUT2D eigenvalue weighted by atomic mass is 16.4. The van der Waals surface area contributed by atoms with Gasteiger partial charge in [0.25, 0.3) is 0 Å². The summed E-state index contributed by atoms with van der Waals surface area (Å²) in [4.78, 5) is 22.0. The highest BCUT2D eigenvalue weighted by molar-refractivity contribution is 5.89. The van der Waals surface area contributed by atoms with Gasteiger partial charge in [-0.05, 0) is 6.92 Å². The summed E-state index contributed by atoms with van der Waals surface area (Å²) in [6.45, 7) is 1.72. The molecule has 0 aromatic carbocycles. The molecule has 0 aliphatic carbocycles. The summed E-state index contributed by atoms with van der Waals surface area (Å²) in [6.07, 6.45) is 0.330. The molecule has 0 fully saturated rings. The number of rotatable bonds is 1. The van der Waals surface area contributed by atoms with Crippen LogP contribution in [0.15, 0.2) is 11.6 Å². The fourth-order valence-electron chi connectivity index (χ4n) is 1.20. The molecule has 1 rings (SSSR count). The molecule has 5 nitrogen and oxygen atoms in total. The van der Waals surface area contributed by atoms with Gasteiger partial charge in [0.05, 0.1) is 11.6 Å². The van der Waals surface area contributed by atoms with Gasteiger partial charge in [-0.15, -0.1) is 0 Å². The number of carboxylic acids is 1. The number of hydrogen-bond donors (Lipinski definition) is 2. The van der Waals surface area contributed by atoms with Crippen LogP contribution in [0, 0.1) is 0 Å². The van der Waals surface area contributed by atoms with E-state index in [0.717, 1.165) is 4.90 Å². The number of aliphatic carboxylic acids is 1. The second-order valence-corrected chi connectivity index (χ2v) is 2.58. The highest BCUT2D eigenvalue weighted by Gasteiger charge is 2.30. The van der Waals surface area contributed by atoms with Gasteiger partial charge in [-0.3, -0.25) is 4.90 Å². The van der Waals surface area contributed by atoms with Crippen molar-refractivity contribution in [2.45, 2.75) is 13.0 Å². The Kier molecular flexibility index (Phi) is 2.03. The topological polar surface area (TPSA) is 77.8 Å². The fourth-order valence-corrected chi connectivity index (χ4v) is 1.20. The maximum Gasteiger partial charge on any atom is 0.408 e. The first kappa shape index (κ1) is 8.58. The molecule has 0 aromatic heterocycles. The molecular weight excluding hydrogens is 162 g/mol. The zero-order valence-electron chi connectivity index (χ0n) is 6.52. The van der Waals surface area contributed by atoms with Crippen molar-refractivity contribution in [2.24, 2.45) is 0 Å². The summed E-state index contributed by atoms with van der Waals surface area (Å²) >= 11 is 0. The van der Waals surface area contributed by atoms with Crippen LogP contribution in [-0.2, 0) is 4.79 Å². The molecule has 0 aromatic rings. The molecule has 1 heterocycles. The van der Waals surface area contributed by atoms with Gasteiger partial charge in [-0.25, -0.2) is 9.59 Å². The molecule has 0 spiro atoms. The van der Waals surface area contributed by atoms with E-state index in [1.807, 2.05) is 0 Å². The van der Waals surface area contributed by atoms with Gasteiger partial charge >= 0.3 is 12.1 Å². The van der Waals surface area contributed by atoms with E-state index in [-0.39, 0.29) is 12.1 Å². The summed E-state index contributed by atoms with van der Waals surface area (Å²) in [5, 5.41) is 17.2. The van der Waals surface area contributed by atoms with Gasteiger partial charge < -0.3 is 10.2 Å². The van der Waals surface area contributed by atoms with Crippen LogP contribution in [0.4, 0.5) is 4.79 Å². The van der Waals surface area contributed by atoms with Crippen molar-refractivity contribution < 1.29 is 19.8 Å². The largest absolute Gasteiger partial charge is 0.478 e. The van der Waals surface area contributed by atoms with Gasteiger partial charge in [0.1, 0.15) is 0 Å². The van der Waals surface area contributed by atoms with E-state index < -0.39 is 18.1 Å². The Morgan fingerprint density at radius 3 is 2.42 bits per heavy atom. The predicted molar refractivity (Wildman–Crippen MR) is 39.9 cm³/mol. The minimum atomic E-state index is -1.09. The molecular formula is C7H9NO4. The van der Waals surface area contributed by atoms with E-state index >= 15 is 0 Å². The monoisotopic (exact) mass is 171 g/mol. The number of nitrogens with zero attached hydrogens (tertiary/aromatic N) is 1. The van der Waals surface area contributed by atoms with Gasteiger partial charge in [-0.2, -0.15) is 0 Å². The SMILES string of the molecule is C[C@H]1C(C(=O)O)=CCN1C(=O)O. The van der Waals surface area contributed by atoms with Crippen LogP contribution in [-0.4, -0.2) is 39.8 Å². The third kappa shape index (κ3) is 1.25. The van der Waals surface area contributed by atoms with Crippen molar-refractivity contribution in [3.05, 3.63) is 11.6 Å². The van der Waals surface area contributed by atoms with Crippen LogP contribution in [0.2, 0.25) is 0 Å². The lowest BCUT2D eigenvalue weighted by atomic mass is 10.1. The second-order valence-electron chi connectivity index (χ2n) is 2.58. The lowest BCUT2D eigenvalue weighted by Gasteiger charge is -2.18. The summed E-state index contributed by atoms with van der Waals surface area (Å²) in [5.41, 5.74) is 0.150. The first-order valence-electron chi connectivity index (χ1n) is 3.47. The van der Waals surface area contributed by atoms with Crippen LogP contribution >= 0.6 is 0 Å². The second kappa shape index (κ2) is 2.84. The summed E-state index contributed by atoms with van der Waals surface area (Å²) in [7, 11) is 0. The minimum Gasteiger partial charge on any atom is -0.478 e. The number of carboxylic acid groups (broad SMARTS) is 2. The molecule has 0 radical (unpaired) electrons.